The Balaban J connectivity index is 1.54. The highest BCUT2D eigenvalue weighted by atomic mass is 16.6. The Morgan fingerprint density at radius 1 is 1.07 bits per heavy atom. The molecule has 1 aliphatic heterocycles. The molecule has 0 fully saturated rings. The number of dihydropyridines is 1. The molecule has 2 heterocycles. The Morgan fingerprint density at radius 3 is 2.40 bits per heavy atom. The first-order valence-electron chi connectivity index (χ1n) is 12.6. The zero-order valence-corrected chi connectivity index (χ0v) is 22.7. The van der Waals surface area contributed by atoms with Crippen LogP contribution >= 0.6 is 0 Å². The van der Waals surface area contributed by atoms with Crippen LogP contribution in [0.2, 0.25) is 0 Å². The number of nitrogens with zero attached hydrogens (tertiary/aromatic N) is 2. The highest BCUT2D eigenvalue weighted by Gasteiger charge is 2.38. The fraction of sp³-hybridized carbons (Fsp3) is 0.233. The number of methoxy groups -OCH3 is 1. The number of nitro groups is 1. The predicted octanol–water partition coefficient (Wildman–Crippen LogP) is 4.96. The number of imidazole rings is 1. The van der Waals surface area contributed by atoms with Crippen LogP contribution in [-0.2, 0) is 25.5 Å². The molecule has 0 saturated heterocycles. The van der Waals surface area contributed by atoms with Crippen LogP contribution in [0.4, 0.5) is 5.69 Å². The summed E-state index contributed by atoms with van der Waals surface area (Å²) in [5.41, 5.74) is 4.46. The lowest BCUT2D eigenvalue weighted by molar-refractivity contribution is -0.384. The average molecular weight is 543 g/mol. The van der Waals surface area contributed by atoms with Gasteiger partial charge in [0.25, 0.3) is 5.69 Å². The number of non-ortho nitro benzene ring substituents is 1. The molecule has 1 unspecified atom stereocenters. The van der Waals surface area contributed by atoms with Crippen LogP contribution in [0.15, 0.2) is 89.0 Å². The van der Waals surface area contributed by atoms with E-state index in [9.17, 15) is 19.7 Å². The smallest absolute Gasteiger partial charge is 0.337 e. The van der Waals surface area contributed by atoms with E-state index in [4.69, 9.17) is 9.47 Å². The Morgan fingerprint density at radius 2 is 1.77 bits per heavy atom. The van der Waals surface area contributed by atoms with Crippen molar-refractivity contribution in [3.63, 3.8) is 0 Å². The Kier molecular flexibility index (Phi) is 8.58. The van der Waals surface area contributed by atoms with E-state index in [1.807, 2.05) is 37.3 Å². The number of nitro benzene ring substituents is 1. The zero-order valence-electron chi connectivity index (χ0n) is 22.7. The summed E-state index contributed by atoms with van der Waals surface area (Å²) in [6, 6.07) is 13.9. The first kappa shape index (κ1) is 28.0. The van der Waals surface area contributed by atoms with E-state index >= 15 is 0 Å². The second-order valence-corrected chi connectivity index (χ2v) is 9.50. The van der Waals surface area contributed by atoms with Crippen molar-refractivity contribution in [3.05, 3.63) is 122 Å². The molecule has 4 rings (SSSR count). The summed E-state index contributed by atoms with van der Waals surface area (Å²) < 4.78 is 10.7. The second-order valence-electron chi connectivity index (χ2n) is 9.50. The Labute approximate surface area is 231 Å². The van der Waals surface area contributed by atoms with Gasteiger partial charge >= 0.3 is 11.9 Å². The fourth-order valence-electron chi connectivity index (χ4n) is 4.70. The second kappa shape index (κ2) is 12.2. The molecule has 2 N–H and O–H groups in total. The van der Waals surface area contributed by atoms with Gasteiger partial charge in [0.15, 0.2) is 0 Å². The average Bonchev–Trinajstić information content (AvgIpc) is 3.45. The standard InChI is InChI=1S/C30H30N4O6/c1-18(14-21-8-10-22(11-9-21)15-25-31-12-13-32-25)17-40-30(36)27-20(3)33-19(2)26(29(35)39-4)28(27)23-6-5-7-24(16-23)34(37)38/h5-14,16,28,33H,15,17H2,1-4H3,(H,31,32)/b18-14+. The van der Waals surface area contributed by atoms with Gasteiger partial charge in [0.2, 0.25) is 0 Å². The summed E-state index contributed by atoms with van der Waals surface area (Å²) in [4.78, 5) is 44.5. The molecule has 40 heavy (non-hydrogen) atoms. The molecule has 1 aromatic heterocycles. The lowest BCUT2D eigenvalue weighted by Gasteiger charge is -2.30. The monoisotopic (exact) mass is 542 g/mol. The normalized spacial score (nSPS) is 15.5. The molecule has 0 amide bonds. The summed E-state index contributed by atoms with van der Waals surface area (Å²) in [6.45, 7) is 5.26. The number of benzene rings is 2. The molecule has 206 valence electrons. The number of rotatable bonds is 9. The van der Waals surface area contributed by atoms with E-state index in [1.54, 1.807) is 32.3 Å². The van der Waals surface area contributed by atoms with Gasteiger partial charge in [-0.3, -0.25) is 10.1 Å². The van der Waals surface area contributed by atoms with Crippen molar-refractivity contribution in [2.24, 2.45) is 0 Å². The SMILES string of the molecule is COC(=O)C1=C(C)NC(C)=C(C(=O)OC/C(C)=C/c2ccc(Cc3ncc[nH]3)cc2)C1c1cccc([N+](=O)[O-])c1. The summed E-state index contributed by atoms with van der Waals surface area (Å²) in [7, 11) is 1.24. The molecule has 2 aromatic carbocycles. The molecule has 10 heteroatoms. The van der Waals surface area contributed by atoms with Gasteiger partial charge in [0, 0.05) is 42.3 Å². The number of carbonyl (C=O) groups excluding carboxylic acids is 2. The van der Waals surface area contributed by atoms with Crippen molar-refractivity contribution < 1.29 is 24.0 Å². The lowest BCUT2D eigenvalue weighted by atomic mass is 9.80. The van der Waals surface area contributed by atoms with Crippen LogP contribution in [0.25, 0.3) is 6.08 Å². The van der Waals surface area contributed by atoms with E-state index in [2.05, 4.69) is 15.3 Å². The van der Waals surface area contributed by atoms with Gasteiger partial charge in [0.05, 0.1) is 29.1 Å². The molecular formula is C30H30N4O6. The van der Waals surface area contributed by atoms with Gasteiger partial charge in [-0.05, 0) is 43.0 Å². The van der Waals surface area contributed by atoms with Crippen LogP contribution < -0.4 is 5.32 Å². The van der Waals surface area contributed by atoms with Crippen LogP contribution in [-0.4, -0.2) is 40.5 Å². The Hall–Kier alpha value is -4.99. The van der Waals surface area contributed by atoms with E-state index in [-0.39, 0.29) is 23.4 Å². The number of esters is 2. The maximum Gasteiger partial charge on any atom is 0.337 e. The predicted molar refractivity (Wildman–Crippen MR) is 149 cm³/mol. The minimum Gasteiger partial charge on any atom is -0.466 e. The van der Waals surface area contributed by atoms with Crippen LogP contribution in [0.3, 0.4) is 0 Å². The molecule has 0 aliphatic carbocycles. The maximum absolute atomic E-state index is 13.5. The number of hydrogen-bond donors (Lipinski definition) is 2. The van der Waals surface area contributed by atoms with Crippen LogP contribution in [0, 0.1) is 10.1 Å². The van der Waals surface area contributed by atoms with Crippen molar-refractivity contribution in [3.8, 4) is 0 Å². The quantitative estimate of drug-likeness (QED) is 0.220. The largest absolute Gasteiger partial charge is 0.466 e. The van der Waals surface area contributed by atoms with Gasteiger partial charge < -0.3 is 19.8 Å². The third-order valence-electron chi connectivity index (χ3n) is 6.55. The van der Waals surface area contributed by atoms with Gasteiger partial charge in [0.1, 0.15) is 12.4 Å². The molecule has 0 spiro atoms. The van der Waals surface area contributed by atoms with Crippen molar-refractivity contribution in [1.82, 2.24) is 15.3 Å². The van der Waals surface area contributed by atoms with Gasteiger partial charge in [-0.1, -0.05) is 42.5 Å². The van der Waals surface area contributed by atoms with Gasteiger partial charge in [-0.15, -0.1) is 0 Å². The number of allylic oxidation sites excluding steroid dienone is 2. The minimum absolute atomic E-state index is 0.0155. The third-order valence-corrected chi connectivity index (χ3v) is 6.55. The summed E-state index contributed by atoms with van der Waals surface area (Å²) in [5.74, 6) is -1.31. The third kappa shape index (κ3) is 6.35. The zero-order chi connectivity index (χ0) is 28.8. The number of ether oxygens (including phenoxy) is 2. The molecule has 0 saturated carbocycles. The molecule has 3 aromatic rings. The van der Waals surface area contributed by atoms with E-state index in [1.165, 1.54) is 25.3 Å². The topological polar surface area (TPSA) is 136 Å². The Bertz CT molecular complexity index is 1520. The van der Waals surface area contributed by atoms with Crippen molar-refractivity contribution in [2.45, 2.75) is 33.1 Å². The van der Waals surface area contributed by atoms with E-state index in [0.29, 0.717) is 23.4 Å². The summed E-state index contributed by atoms with van der Waals surface area (Å²) >= 11 is 0. The molecule has 0 radical (unpaired) electrons. The molecule has 10 nitrogen and oxygen atoms in total. The number of carbonyl (C=O) groups is 2. The number of H-pyrrole nitrogens is 1. The molecule has 0 bridgehead atoms. The van der Waals surface area contributed by atoms with E-state index < -0.39 is 22.8 Å². The van der Waals surface area contributed by atoms with Crippen LogP contribution in [0.5, 0.6) is 0 Å². The van der Waals surface area contributed by atoms with Gasteiger partial charge in [-0.25, -0.2) is 14.6 Å². The van der Waals surface area contributed by atoms with Crippen molar-refractivity contribution >= 4 is 23.7 Å². The first-order valence-corrected chi connectivity index (χ1v) is 12.6. The number of nitrogens with one attached hydrogen (secondary N) is 2. The maximum atomic E-state index is 13.5. The fourth-order valence-corrected chi connectivity index (χ4v) is 4.70. The number of hydrogen-bond acceptors (Lipinski definition) is 8. The number of aromatic nitrogens is 2. The molecule has 1 atom stereocenters. The molecule has 1 aliphatic rings. The number of aromatic amines is 1. The highest BCUT2D eigenvalue weighted by Crippen LogP contribution is 2.40. The van der Waals surface area contributed by atoms with Crippen LogP contribution in [0.1, 0.15) is 49.2 Å². The summed E-state index contributed by atoms with van der Waals surface area (Å²) in [6.07, 6.45) is 6.13. The summed E-state index contributed by atoms with van der Waals surface area (Å²) in [5, 5.41) is 14.5. The van der Waals surface area contributed by atoms with Crippen molar-refractivity contribution in [1.29, 1.82) is 0 Å². The first-order chi connectivity index (χ1) is 19.2. The lowest BCUT2D eigenvalue weighted by Crippen LogP contribution is -2.32. The van der Waals surface area contributed by atoms with Gasteiger partial charge in [-0.2, -0.15) is 0 Å². The van der Waals surface area contributed by atoms with Crippen molar-refractivity contribution in [2.75, 3.05) is 13.7 Å². The molecular weight excluding hydrogens is 512 g/mol. The van der Waals surface area contributed by atoms with E-state index in [0.717, 1.165) is 22.5 Å². The highest BCUT2D eigenvalue weighted by molar-refractivity contribution is 6.00. The minimum atomic E-state index is -0.910.